The number of nitrogens with two attached hydrogens (primary N) is 1. The van der Waals surface area contributed by atoms with Gasteiger partial charge < -0.3 is 15.2 Å². The number of aromatic nitrogens is 1. The fraction of sp³-hybridized carbons (Fsp3) is 0.583. The summed E-state index contributed by atoms with van der Waals surface area (Å²) in [5.74, 6) is 0.0650. The number of carbonyl (C=O) groups excluding carboxylic acids is 1. The van der Waals surface area contributed by atoms with Crippen molar-refractivity contribution >= 4 is 11.6 Å². The number of carbonyl (C=O) groups is 1. The number of nitrogens with zero attached hydrogens (tertiary/aromatic N) is 2. The number of hydrogen-bond donors (Lipinski definition) is 1. The van der Waals surface area contributed by atoms with E-state index in [-0.39, 0.29) is 5.91 Å². The Hall–Kier alpha value is -1.45. The Bertz CT molecular complexity index is 353. The van der Waals surface area contributed by atoms with Gasteiger partial charge in [0.1, 0.15) is 5.69 Å². The van der Waals surface area contributed by atoms with E-state index in [4.69, 9.17) is 5.73 Å². The predicted molar refractivity (Wildman–Crippen MR) is 66.4 cm³/mol. The highest BCUT2D eigenvalue weighted by molar-refractivity contribution is 5.93. The Kier molecular flexibility index (Phi) is 4.40. The smallest absolute Gasteiger partial charge is 0.270 e. The molecule has 1 amide bonds. The van der Waals surface area contributed by atoms with Crippen molar-refractivity contribution in [2.75, 3.05) is 18.8 Å². The zero-order valence-electron chi connectivity index (χ0n) is 10.4. The molecular weight excluding hydrogens is 202 g/mol. The summed E-state index contributed by atoms with van der Waals surface area (Å²) in [5.41, 5.74) is 7.09. The maximum absolute atomic E-state index is 12.2. The molecule has 0 aromatic carbocycles. The normalized spacial score (nSPS) is 10.4. The van der Waals surface area contributed by atoms with Crippen LogP contribution >= 0.6 is 0 Å². The molecule has 0 atom stereocenters. The van der Waals surface area contributed by atoms with Crippen LogP contribution in [0.3, 0.4) is 0 Å². The van der Waals surface area contributed by atoms with Crippen molar-refractivity contribution in [3.05, 3.63) is 18.0 Å². The number of anilines is 1. The van der Waals surface area contributed by atoms with Crippen molar-refractivity contribution in [1.82, 2.24) is 9.47 Å². The molecule has 4 heteroatoms. The third kappa shape index (κ3) is 2.56. The van der Waals surface area contributed by atoms with Crippen LogP contribution in [0.5, 0.6) is 0 Å². The van der Waals surface area contributed by atoms with E-state index < -0.39 is 0 Å². The summed E-state index contributed by atoms with van der Waals surface area (Å²) in [5, 5.41) is 0. The lowest BCUT2D eigenvalue weighted by Crippen LogP contribution is -2.32. The molecule has 0 saturated heterocycles. The van der Waals surface area contributed by atoms with Gasteiger partial charge in [-0.3, -0.25) is 4.79 Å². The van der Waals surface area contributed by atoms with Crippen LogP contribution in [-0.2, 0) is 6.54 Å². The first-order valence-electron chi connectivity index (χ1n) is 5.88. The van der Waals surface area contributed by atoms with Crippen LogP contribution in [0.25, 0.3) is 0 Å². The number of amides is 1. The first-order valence-corrected chi connectivity index (χ1v) is 5.88. The second-order valence-electron chi connectivity index (χ2n) is 3.83. The zero-order chi connectivity index (χ0) is 12.1. The summed E-state index contributed by atoms with van der Waals surface area (Å²) in [6.45, 7) is 8.34. The SMILES string of the molecule is CCCn1cc(N)cc1C(=O)N(CC)CC. The molecule has 0 radical (unpaired) electrons. The minimum absolute atomic E-state index is 0.0650. The van der Waals surface area contributed by atoms with Gasteiger partial charge in [0.2, 0.25) is 0 Å². The summed E-state index contributed by atoms with van der Waals surface area (Å²) in [7, 11) is 0. The van der Waals surface area contributed by atoms with E-state index in [1.165, 1.54) is 0 Å². The van der Waals surface area contributed by atoms with Gasteiger partial charge in [0.15, 0.2) is 0 Å². The first kappa shape index (κ1) is 12.6. The van der Waals surface area contributed by atoms with Crippen molar-refractivity contribution < 1.29 is 4.79 Å². The van der Waals surface area contributed by atoms with Gasteiger partial charge in [-0.15, -0.1) is 0 Å². The highest BCUT2D eigenvalue weighted by atomic mass is 16.2. The molecule has 0 fully saturated rings. The van der Waals surface area contributed by atoms with E-state index in [2.05, 4.69) is 6.92 Å². The molecule has 1 heterocycles. The van der Waals surface area contributed by atoms with E-state index in [1.807, 2.05) is 24.6 Å². The fourth-order valence-corrected chi connectivity index (χ4v) is 1.81. The van der Waals surface area contributed by atoms with E-state index in [9.17, 15) is 4.79 Å². The molecule has 0 bridgehead atoms. The second kappa shape index (κ2) is 5.58. The van der Waals surface area contributed by atoms with Gasteiger partial charge in [0.05, 0.1) is 5.69 Å². The van der Waals surface area contributed by atoms with Crippen molar-refractivity contribution in [2.24, 2.45) is 0 Å². The van der Waals surface area contributed by atoms with Crippen molar-refractivity contribution in [2.45, 2.75) is 33.7 Å². The second-order valence-corrected chi connectivity index (χ2v) is 3.83. The quantitative estimate of drug-likeness (QED) is 0.829. The summed E-state index contributed by atoms with van der Waals surface area (Å²) < 4.78 is 1.94. The molecule has 90 valence electrons. The van der Waals surface area contributed by atoms with Gasteiger partial charge in [-0.1, -0.05) is 6.92 Å². The van der Waals surface area contributed by atoms with Gasteiger partial charge in [-0.25, -0.2) is 0 Å². The molecule has 1 aromatic rings. The van der Waals surface area contributed by atoms with E-state index in [0.29, 0.717) is 11.4 Å². The molecule has 0 saturated carbocycles. The number of hydrogen-bond acceptors (Lipinski definition) is 2. The van der Waals surface area contributed by atoms with Crippen LogP contribution in [0.2, 0.25) is 0 Å². The van der Waals surface area contributed by atoms with Gasteiger partial charge in [0, 0.05) is 25.8 Å². The molecule has 0 unspecified atom stereocenters. The van der Waals surface area contributed by atoms with Gasteiger partial charge >= 0.3 is 0 Å². The number of rotatable bonds is 5. The standard InChI is InChI=1S/C12H21N3O/c1-4-7-15-9-10(13)8-11(15)12(16)14(5-2)6-3/h8-9H,4-7,13H2,1-3H3. The van der Waals surface area contributed by atoms with Crippen LogP contribution in [0.15, 0.2) is 12.3 Å². The Morgan fingerprint density at radius 2 is 2.00 bits per heavy atom. The summed E-state index contributed by atoms with van der Waals surface area (Å²) in [6, 6.07) is 1.76. The van der Waals surface area contributed by atoms with E-state index in [1.54, 1.807) is 11.0 Å². The highest BCUT2D eigenvalue weighted by Gasteiger charge is 2.17. The van der Waals surface area contributed by atoms with Crippen molar-refractivity contribution in [3.63, 3.8) is 0 Å². The predicted octanol–water partition coefficient (Wildman–Crippen LogP) is 1.96. The molecular formula is C12H21N3O. The van der Waals surface area contributed by atoms with E-state index >= 15 is 0 Å². The summed E-state index contributed by atoms with van der Waals surface area (Å²) in [4.78, 5) is 14.0. The fourth-order valence-electron chi connectivity index (χ4n) is 1.81. The Labute approximate surface area is 97.0 Å². The van der Waals surface area contributed by atoms with Crippen LogP contribution in [-0.4, -0.2) is 28.5 Å². The van der Waals surface area contributed by atoms with Crippen LogP contribution < -0.4 is 5.73 Å². The topological polar surface area (TPSA) is 51.3 Å². The average molecular weight is 223 g/mol. The third-order valence-corrected chi connectivity index (χ3v) is 2.65. The number of aryl methyl sites for hydroxylation is 1. The summed E-state index contributed by atoms with van der Waals surface area (Å²) >= 11 is 0. The monoisotopic (exact) mass is 223 g/mol. The molecule has 1 rings (SSSR count). The average Bonchev–Trinajstić information content (AvgIpc) is 2.62. The molecule has 2 N–H and O–H groups in total. The Morgan fingerprint density at radius 3 is 2.50 bits per heavy atom. The largest absolute Gasteiger partial charge is 0.397 e. The molecule has 4 nitrogen and oxygen atoms in total. The Balaban J connectivity index is 2.97. The highest BCUT2D eigenvalue weighted by Crippen LogP contribution is 2.13. The van der Waals surface area contributed by atoms with Crippen LogP contribution in [0, 0.1) is 0 Å². The zero-order valence-corrected chi connectivity index (χ0v) is 10.4. The molecule has 1 aromatic heterocycles. The lowest BCUT2D eigenvalue weighted by molar-refractivity contribution is 0.0762. The minimum Gasteiger partial charge on any atom is -0.397 e. The summed E-state index contributed by atoms with van der Waals surface area (Å²) in [6.07, 6.45) is 2.83. The molecule has 0 aliphatic carbocycles. The van der Waals surface area contributed by atoms with Crippen molar-refractivity contribution in [3.8, 4) is 0 Å². The lowest BCUT2D eigenvalue weighted by atomic mass is 10.3. The van der Waals surface area contributed by atoms with Gasteiger partial charge in [0.25, 0.3) is 5.91 Å². The lowest BCUT2D eigenvalue weighted by Gasteiger charge is -2.19. The minimum atomic E-state index is 0.0650. The molecule has 0 aliphatic heterocycles. The third-order valence-electron chi connectivity index (χ3n) is 2.65. The molecule has 0 spiro atoms. The number of nitrogen functional groups attached to an aromatic ring is 1. The van der Waals surface area contributed by atoms with Crippen molar-refractivity contribution in [1.29, 1.82) is 0 Å². The van der Waals surface area contributed by atoms with Gasteiger partial charge in [-0.2, -0.15) is 0 Å². The first-order chi connectivity index (χ1) is 7.63. The van der Waals surface area contributed by atoms with Crippen LogP contribution in [0.1, 0.15) is 37.7 Å². The molecule has 16 heavy (non-hydrogen) atoms. The maximum Gasteiger partial charge on any atom is 0.270 e. The Morgan fingerprint density at radius 1 is 1.38 bits per heavy atom. The van der Waals surface area contributed by atoms with E-state index in [0.717, 1.165) is 26.1 Å². The maximum atomic E-state index is 12.2. The van der Waals surface area contributed by atoms with Gasteiger partial charge in [-0.05, 0) is 26.3 Å². The van der Waals surface area contributed by atoms with Crippen LogP contribution in [0.4, 0.5) is 5.69 Å². The molecule has 0 aliphatic rings.